The van der Waals surface area contributed by atoms with Crippen molar-refractivity contribution in [3.63, 3.8) is 0 Å². The first-order valence-corrected chi connectivity index (χ1v) is 8.96. The maximum atomic E-state index is 13.1. The molecule has 25 heavy (non-hydrogen) atoms. The number of pyridine rings is 1. The van der Waals surface area contributed by atoms with Crippen LogP contribution in [-0.2, 0) is 6.54 Å². The predicted molar refractivity (Wildman–Crippen MR) is 99.8 cm³/mol. The van der Waals surface area contributed by atoms with Crippen LogP contribution in [0.4, 0.5) is 5.82 Å². The highest BCUT2D eigenvalue weighted by Crippen LogP contribution is 2.21. The molecule has 3 aromatic rings. The van der Waals surface area contributed by atoms with Gasteiger partial charge < -0.3 is 5.32 Å². The first kappa shape index (κ1) is 15.8. The standard InChI is InChI=1S/C20H22N4O/c25-20-19(22-16-9-5-2-6-10-16)23-17-11-12-21-13-18(17)24(20)14-15-7-3-1-4-8-15/h1,3-4,7-8,11-13,16H,2,5-6,9-10,14H2,(H,22,23). The molecule has 0 atom stereocenters. The van der Waals surface area contributed by atoms with Crippen molar-refractivity contribution in [3.05, 3.63) is 64.7 Å². The van der Waals surface area contributed by atoms with Gasteiger partial charge >= 0.3 is 0 Å². The van der Waals surface area contributed by atoms with E-state index in [-0.39, 0.29) is 5.56 Å². The molecule has 2 heterocycles. The highest BCUT2D eigenvalue weighted by atomic mass is 16.1. The Morgan fingerprint density at radius 2 is 1.88 bits per heavy atom. The summed E-state index contributed by atoms with van der Waals surface area (Å²) in [6.45, 7) is 0.518. The molecule has 1 aliphatic carbocycles. The maximum absolute atomic E-state index is 13.1. The van der Waals surface area contributed by atoms with Gasteiger partial charge in [0.2, 0.25) is 0 Å². The van der Waals surface area contributed by atoms with E-state index in [1.807, 2.05) is 36.4 Å². The van der Waals surface area contributed by atoms with Gasteiger partial charge in [0, 0.05) is 12.2 Å². The van der Waals surface area contributed by atoms with E-state index >= 15 is 0 Å². The summed E-state index contributed by atoms with van der Waals surface area (Å²) in [4.78, 5) is 21.8. The molecular weight excluding hydrogens is 312 g/mol. The van der Waals surface area contributed by atoms with E-state index < -0.39 is 0 Å². The Balaban J connectivity index is 1.76. The fraction of sp³-hybridized carbons (Fsp3) is 0.350. The molecule has 128 valence electrons. The summed E-state index contributed by atoms with van der Waals surface area (Å²) in [6, 6.07) is 12.2. The number of rotatable bonds is 4. The number of hydrogen-bond donors (Lipinski definition) is 1. The van der Waals surface area contributed by atoms with Gasteiger partial charge in [-0.1, -0.05) is 49.6 Å². The molecule has 0 unspecified atom stereocenters. The van der Waals surface area contributed by atoms with Crippen molar-refractivity contribution in [2.24, 2.45) is 0 Å². The van der Waals surface area contributed by atoms with Crippen LogP contribution in [0.5, 0.6) is 0 Å². The van der Waals surface area contributed by atoms with E-state index in [1.165, 1.54) is 19.3 Å². The van der Waals surface area contributed by atoms with Crippen molar-refractivity contribution in [3.8, 4) is 0 Å². The molecule has 0 radical (unpaired) electrons. The van der Waals surface area contributed by atoms with E-state index in [0.717, 1.165) is 29.4 Å². The molecule has 0 bridgehead atoms. The maximum Gasteiger partial charge on any atom is 0.294 e. The summed E-state index contributed by atoms with van der Waals surface area (Å²) in [5.74, 6) is 0.460. The molecule has 5 nitrogen and oxygen atoms in total. The number of anilines is 1. The molecule has 1 aliphatic rings. The molecule has 4 rings (SSSR count). The van der Waals surface area contributed by atoms with Crippen LogP contribution in [0.15, 0.2) is 53.6 Å². The molecular formula is C20H22N4O. The molecule has 0 amide bonds. The Bertz CT molecular complexity index is 914. The Labute approximate surface area is 146 Å². The Morgan fingerprint density at radius 1 is 1.08 bits per heavy atom. The summed E-state index contributed by atoms with van der Waals surface area (Å²) in [5.41, 5.74) is 2.58. The van der Waals surface area contributed by atoms with Crippen LogP contribution in [0.2, 0.25) is 0 Å². The van der Waals surface area contributed by atoms with Crippen LogP contribution >= 0.6 is 0 Å². The molecule has 1 aromatic carbocycles. The van der Waals surface area contributed by atoms with Gasteiger partial charge in [0.25, 0.3) is 5.56 Å². The van der Waals surface area contributed by atoms with Crippen molar-refractivity contribution >= 4 is 16.9 Å². The van der Waals surface area contributed by atoms with E-state index in [9.17, 15) is 4.79 Å². The van der Waals surface area contributed by atoms with Crippen molar-refractivity contribution < 1.29 is 0 Å². The highest BCUT2D eigenvalue weighted by molar-refractivity contribution is 5.75. The number of fused-ring (bicyclic) bond motifs is 1. The van der Waals surface area contributed by atoms with Gasteiger partial charge in [-0.3, -0.25) is 14.3 Å². The summed E-state index contributed by atoms with van der Waals surface area (Å²) >= 11 is 0. The van der Waals surface area contributed by atoms with E-state index in [2.05, 4.69) is 15.3 Å². The number of aromatic nitrogens is 3. The summed E-state index contributed by atoms with van der Waals surface area (Å²) in [7, 11) is 0. The minimum atomic E-state index is -0.0741. The van der Waals surface area contributed by atoms with Crippen LogP contribution in [0, 0.1) is 0 Å². The van der Waals surface area contributed by atoms with Gasteiger partial charge in [0.15, 0.2) is 5.82 Å². The number of benzene rings is 1. The Kier molecular flexibility index (Phi) is 4.46. The van der Waals surface area contributed by atoms with E-state index in [4.69, 9.17) is 0 Å². The Hall–Kier alpha value is -2.69. The quantitative estimate of drug-likeness (QED) is 0.792. The molecule has 1 fully saturated rings. The van der Waals surface area contributed by atoms with Gasteiger partial charge in [-0.05, 0) is 24.5 Å². The first-order valence-electron chi connectivity index (χ1n) is 8.96. The second-order valence-electron chi connectivity index (χ2n) is 6.68. The lowest BCUT2D eigenvalue weighted by Gasteiger charge is -2.23. The zero-order chi connectivity index (χ0) is 17.1. The van der Waals surface area contributed by atoms with E-state index in [1.54, 1.807) is 17.0 Å². The number of hydrogen-bond acceptors (Lipinski definition) is 4. The molecule has 1 saturated carbocycles. The third kappa shape index (κ3) is 3.40. The smallest absolute Gasteiger partial charge is 0.294 e. The van der Waals surface area contributed by atoms with Gasteiger partial charge in [0.1, 0.15) is 0 Å². The van der Waals surface area contributed by atoms with Gasteiger partial charge in [-0.15, -0.1) is 0 Å². The monoisotopic (exact) mass is 334 g/mol. The Morgan fingerprint density at radius 3 is 2.68 bits per heavy atom. The van der Waals surface area contributed by atoms with Crippen LogP contribution in [0.1, 0.15) is 37.7 Å². The molecule has 5 heteroatoms. The van der Waals surface area contributed by atoms with Gasteiger partial charge in [-0.25, -0.2) is 4.98 Å². The normalized spacial score (nSPS) is 15.4. The molecule has 1 N–H and O–H groups in total. The van der Waals surface area contributed by atoms with Crippen molar-refractivity contribution in [2.75, 3.05) is 5.32 Å². The van der Waals surface area contributed by atoms with Crippen molar-refractivity contribution in [1.29, 1.82) is 0 Å². The number of nitrogens with zero attached hydrogens (tertiary/aromatic N) is 3. The molecule has 0 saturated heterocycles. The lowest BCUT2D eigenvalue weighted by molar-refractivity contribution is 0.461. The minimum Gasteiger partial charge on any atom is -0.363 e. The lowest BCUT2D eigenvalue weighted by atomic mass is 9.95. The second-order valence-corrected chi connectivity index (χ2v) is 6.68. The largest absolute Gasteiger partial charge is 0.363 e. The van der Waals surface area contributed by atoms with E-state index in [0.29, 0.717) is 18.4 Å². The minimum absolute atomic E-state index is 0.0741. The first-order chi connectivity index (χ1) is 12.3. The van der Waals surface area contributed by atoms with Crippen molar-refractivity contribution in [1.82, 2.24) is 14.5 Å². The molecule has 0 aliphatic heterocycles. The predicted octanol–water partition coefficient (Wildman–Crippen LogP) is 3.58. The number of nitrogens with one attached hydrogen (secondary N) is 1. The zero-order valence-corrected chi connectivity index (χ0v) is 14.2. The molecule has 2 aromatic heterocycles. The lowest BCUT2D eigenvalue weighted by Crippen LogP contribution is -2.31. The summed E-state index contributed by atoms with van der Waals surface area (Å²) in [6.07, 6.45) is 9.37. The van der Waals surface area contributed by atoms with Gasteiger partial charge in [-0.2, -0.15) is 0 Å². The van der Waals surface area contributed by atoms with Crippen LogP contribution < -0.4 is 10.9 Å². The zero-order valence-electron chi connectivity index (χ0n) is 14.2. The third-order valence-electron chi connectivity index (χ3n) is 4.88. The fourth-order valence-corrected chi connectivity index (χ4v) is 3.54. The summed E-state index contributed by atoms with van der Waals surface area (Å²) in [5, 5.41) is 3.40. The van der Waals surface area contributed by atoms with Gasteiger partial charge in [0.05, 0.1) is 23.8 Å². The average molecular weight is 334 g/mol. The second kappa shape index (κ2) is 7.05. The SMILES string of the molecule is O=c1c(NC2CCCCC2)nc2ccncc2n1Cc1ccccc1. The third-order valence-corrected chi connectivity index (χ3v) is 4.88. The average Bonchev–Trinajstić information content (AvgIpc) is 2.67. The molecule has 0 spiro atoms. The van der Waals surface area contributed by atoms with Crippen LogP contribution in [0.3, 0.4) is 0 Å². The fourth-order valence-electron chi connectivity index (χ4n) is 3.54. The van der Waals surface area contributed by atoms with Crippen molar-refractivity contribution in [2.45, 2.75) is 44.7 Å². The highest BCUT2D eigenvalue weighted by Gasteiger charge is 2.17. The topological polar surface area (TPSA) is 59.8 Å². The van der Waals surface area contributed by atoms with Crippen LogP contribution in [-0.4, -0.2) is 20.6 Å². The summed E-state index contributed by atoms with van der Waals surface area (Å²) < 4.78 is 1.77. The van der Waals surface area contributed by atoms with Crippen LogP contribution in [0.25, 0.3) is 11.0 Å².